The van der Waals surface area contributed by atoms with Crippen LogP contribution in [-0.2, 0) is 16.0 Å². The Hall–Kier alpha value is -1.39. The molecule has 1 amide bonds. The molecule has 2 unspecified atom stereocenters. The van der Waals surface area contributed by atoms with Crippen LogP contribution in [0.4, 0.5) is 0 Å². The van der Waals surface area contributed by atoms with Gasteiger partial charge in [0.25, 0.3) is 0 Å². The number of rotatable bonds is 3. The summed E-state index contributed by atoms with van der Waals surface area (Å²) in [6, 6.07) is 7.63. The Kier molecular flexibility index (Phi) is 3.76. The first-order chi connectivity index (χ1) is 9.70. The van der Waals surface area contributed by atoms with Crippen LogP contribution in [0.1, 0.15) is 36.9 Å². The first-order valence-electron chi connectivity index (χ1n) is 7.38. The van der Waals surface area contributed by atoms with Crippen molar-refractivity contribution in [1.29, 1.82) is 0 Å². The van der Waals surface area contributed by atoms with E-state index in [1.807, 2.05) is 31.2 Å². The summed E-state index contributed by atoms with van der Waals surface area (Å²) < 4.78 is 5.57. The van der Waals surface area contributed by atoms with Crippen molar-refractivity contribution < 1.29 is 14.6 Å². The second kappa shape index (κ2) is 5.54. The molecule has 0 radical (unpaired) electrons. The molecule has 20 heavy (non-hydrogen) atoms. The van der Waals surface area contributed by atoms with Crippen LogP contribution in [0.25, 0.3) is 0 Å². The molecule has 0 saturated carbocycles. The second-order valence-electron chi connectivity index (χ2n) is 5.67. The van der Waals surface area contributed by atoms with Gasteiger partial charge in [-0.15, -0.1) is 0 Å². The normalized spacial score (nSPS) is 32.1. The van der Waals surface area contributed by atoms with Crippen molar-refractivity contribution in [2.24, 2.45) is 5.92 Å². The number of aliphatic hydroxyl groups excluding tert-OH is 1. The Labute approximate surface area is 119 Å². The zero-order valence-corrected chi connectivity index (χ0v) is 11.7. The molecule has 1 aliphatic carbocycles. The minimum absolute atomic E-state index is 0.00935. The predicted molar refractivity (Wildman–Crippen MR) is 75.2 cm³/mol. The van der Waals surface area contributed by atoms with Gasteiger partial charge in [0.1, 0.15) is 0 Å². The van der Waals surface area contributed by atoms with Crippen LogP contribution in [-0.4, -0.2) is 29.8 Å². The highest BCUT2D eigenvalue weighted by atomic mass is 16.5. The average molecular weight is 275 g/mol. The van der Waals surface area contributed by atoms with Crippen molar-refractivity contribution in [2.75, 3.05) is 6.61 Å². The molecule has 0 aromatic heterocycles. The highest BCUT2D eigenvalue weighted by Crippen LogP contribution is 2.32. The number of ether oxygens (including phenoxy) is 1. The zero-order valence-electron chi connectivity index (χ0n) is 11.7. The predicted octanol–water partition coefficient (Wildman–Crippen LogP) is 1.58. The van der Waals surface area contributed by atoms with Crippen molar-refractivity contribution in [1.82, 2.24) is 5.32 Å². The van der Waals surface area contributed by atoms with E-state index in [0.717, 1.165) is 24.0 Å². The Balaban J connectivity index is 1.73. The standard InChI is InChI=1S/C16H21NO3/c1-2-14-12(7-8-20-14)16(19)17-15-11-6-4-3-5-10(11)9-13(15)18/h3-6,12-15,18H,2,7-9H2,1H3,(H,17,19)/t12?,13-,14?,15+/m0/s1. The van der Waals surface area contributed by atoms with Crippen LogP contribution in [0.5, 0.6) is 0 Å². The summed E-state index contributed by atoms with van der Waals surface area (Å²) in [5.74, 6) is -0.0740. The Morgan fingerprint density at radius 1 is 1.45 bits per heavy atom. The topological polar surface area (TPSA) is 58.6 Å². The van der Waals surface area contributed by atoms with Crippen LogP contribution in [0, 0.1) is 5.92 Å². The molecule has 3 rings (SSSR count). The van der Waals surface area contributed by atoms with Gasteiger partial charge in [0.05, 0.1) is 24.2 Å². The van der Waals surface area contributed by atoms with E-state index in [-0.39, 0.29) is 24.0 Å². The number of fused-ring (bicyclic) bond motifs is 1. The van der Waals surface area contributed by atoms with Crippen molar-refractivity contribution in [3.8, 4) is 0 Å². The van der Waals surface area contributed by atoms with Gasteiger partial charge >= 0.3 is 0 Å². The number of hydrogen-bond donors (Lipinski definition) is 2. The van der Waals surface area contributed by atoms with Gasteiger partial charge in [0.15, 0.2) is 0 Å². The smallest absolute Gasteiger partial charge is 0.226 e. The summed E-state index contributed by atoms with van der Waals surface area (Å²) in [5, 5.41) is 13.2. The Morgan fingerprint density at radius 2 is 2.25 bits per heavy atom. The summed E-state index contributed by atoms with van der Waals surface area (Å²) in [6.07, 6.45) is 1.72. The zero-order chi connectivity index (χ0) is 14.1. The van der Waals surface area contributed by atoms with Crippen LogP contribution in [0.3, 0.4) is 0 Å². The van der Waals surface area contributed by atoms with Gasteiger partial charge in [-0.05, 0) is 24.0 Å². The molecule has 0 bridgehead atoms. The minimum Gasteiger partial charge on any atom is -0.390 e. The Bertz CT molecular complexity index is 502. The van der Waals surface area contributed by atoms with Crippen molar-refractivity contribution in [3.63, 3.8) is 0 Å². The summed E-state index contributed by atoms with van der Waals surface area (Å²) in [5.41, 5.74) is 2.17. The van der Waals surface area contributed by atoms with Gasteiger partial charge in [-0.2, -0.15) is 0 Å². The van der Waals surface area contributed by atoms with Crippen LogP contribution in [0.2, 0.25) is 0 Å². The third kappa shape index (κ3) is 2.34. The lowest BCUT2D eigenvalue weighted by Crippen LogP contribution is -2.40. The Morgan fingerprint density at radius 3 is 3.05 bits per heavy atom. The van der Waals surface area contributed by atoms with E-state index in [1.54, 1.807) is 0 Å². The molecule has 4 heteroatoms. The lowest BCUT2D eigenvalue weighted by atomic mass is 9.97. The summed E-state index contributed by atoms with van der Waals surface area (Å²) in [6.45, 7) is 2.69. The monoisotopic (exact) mass is 275 g/mol. The van der Waals surface area contributed by atoms with E-state index in [2.05, 4.69) is 5.32 Å². The molecule has 1 saturated heterocycles. The highest BCUT2D eigenvalue weighted by molar-refractivity contribution is 5.80. The van der Waals surface area contributed by atoms with E-state index in [1.165, 1.54) is 0 Å². The molecular formula is C16H21NO3. The quantitative estimate of drug-likeness (QED) is 0.880. The van der Waals surface area contributed by atoms with Gasteiger partial charge in [0.2, 0.25) is 5.91 Å². The molecule has 4 nitrogen and oxygen atoms in total. The molecule has 1 fully saturated rings. The van der Waals surface area contributed by atoms with Crippen molar-refractivity contribution in [3.05, 3.63) is 35.4 Å². The van der Waals surface area contributed by atoms with Gasteiger partial charge in [-0.3, -0.25) is 4.79 Å². The number of hydrogen-bond acceptors (Lipinski definition) is 3. The molecule has 1 heterocycles. The van der Waals surface area contributed by atoms with E-state index in [9.17, 15) is 9.90 Å². The number of aliphatic hydroxyl groups is 1. The van der Waals surface area contributed by atoms with Gasteiger partial charge < -0.3 is 15.2 Å². The SMILES string of the molecule is CCC1OCCC1C(=O)N[C@@H]1c2ccccc2C[C@@H]1O. The molecule has 1 aromatic carbocycles. The lowest BCUT2D eigenvalue weighted by Gasteiger charge is -2.22. The summed E-state index contributed by atoms with van der Waals surface area (Å²) in [7, 11) is 0. The maximum Gasteiger partial charge on any atom is 0.226 e. The van der Waals surface area contributed by atoms with E-state index in [0.29, 0.717) is 13.0 Å². The summed E-state index contributed by atoms with van der Waals surface area (Å²) >= 11 is 0. The number of nitrogens with one attached hydrogen (secondary N) is 1. The van der Waals surface area contributed by atoms with E-state index < -0.39 is 6.10 Å². The molecule has 1 aliphatic heterocycles. The number of amides is 1. The second-order valence-corrected chi connectivity index (χ2v) is 5.67. The van der Waals surface area contributed by atoms with Crippen molar-refractivity contribution >= 4 is 5.91 Å². The van der Waals surface area contributed by atoms with Gasteiger partial charge in [0, 0.05) is 13.0 Å². The van der Waals surface area contributed by atoms with Crippen LogP contribution >= 0.6 is 0 Å². The van der Waals surface area contributed by atoms with Gasteiger partial charge in [-0.25, -0.2) is 0 Å². The molecule has 2 N–H and O–H groups in total. The maximum absolute atomic E-state index is 12.4. The first-order valence-corrected chi connectivity index (χ1v) is 7.38. The van der Waals surface area contributed by atoms with Crippen molar-refractivity contribution in [2.45, 2.75) is 44.4 Å². The highest BCUT2D eigenvalue weighted by Gasteiger charge is 2.37. The van der Waals surface area contributed by atoms with E-state index in [4.69, 9.17) is 4.74 Å². The van der Waals surface area contributed by atoms with Crippen LogP contribution in [0.15, 0.2) is 24.3 Å². The first kappa shape index (κ1) is 13.6. The largest absolute Gasteiger partial charge is 0.390 e. The fourth-order valence-corrected chi connectivity index (χ4v) is 3.36. The molecule has 4 atom stereocenters. The fraction of sp³-hybridized carbons (Fsp3) is 0.562. The molecule has 0 spiro atoms. The molecule has 2 aliphatic rings. The minimum atomic E-state index is -0.529. The number of carbonyl (C=O) groups excluding carboxylic acids is 1. The van der Waals surface area contributed by atoms with Crippen LogP contribution < -0.4 is 5.32 Å². The molecule has 108 valence electrons. The number of benzene rings is 1. The lowest BCUT2D eigenvalue weighted by molar-refractivity contribution is -0.128. The number of carbonyl (C=O) groups is 1. The van der Waals surface area contributed by atoms with Gasteiger partial charge in [-0.1, -0.05) is 31.2 Å². The third-order valence-corrected chi connectivity index (χ3v) is 4.45. The summed E-state index contributed by atoms with van der Waals surface area (Å²) in [4.78, 5) is 12.4. The van der Waals surface area contributed by atoms with E-state index >= 15 is 0 Å². The molecular weight excluding hydrogens is 254 g/mol. The average Bonchev–Trinajstić information content (AvgIpc) is 3.04. The fourth-order valence-electron chi connectivity index (χ4n) is 3.36. The molecule has 1 aromatic rings. The third-order valence-electron chi connectivity index (χ3n) is 4.45. The maximum atomic E-state index is 12.4.